The predicted octanol–water partition coefficient (Wildman–Crippen LogP) is 5.21. The fourth-order valence-corrected chi connectivity index (χ4v) is 6.17. The van der Waals surface area contributed by atoms with Gasteiger partial charge in [0.2, 0.25) is 0 Å². The maximum atomic E-state index is 11.3. The maximum absolute atomic E-state index is 11.3. The zero-order valence-corrected chi connectivity index (χ0v) is 18.9. The van der Waals surface area contributed by atoms with Crippen LogP contribution < -0.4 is 10.4 Å². The lowest BCUT2D eigenvalue weighted by molar-refractivity contribution is -0.124. The van der Waals surface area contributed by atoms with Gasteiger partial charge in [-0.25, -0.2) is 9.79 Å². The highest BCUT2D eigenvalue weighted by molar-refractivity contribution is 7.99. The molecule has 3 aromatic rings. The lowest BCUT2D eigenvalue weighted by atomic mass is 10.1. The number of fused-ring (bicyclic) bond motifs is 1. The highest BCUT2D eigenvalue weighted by atomic mass is 35.5. The van der Waals surface area contributed by atoms with Crippen LogP contribution in [0, 0.1) is 6.92 Å². The molecule has 0 bridgehead atoms. The van der Waals surface area contributed by atoms with Crippen LogP contribution in [0.5, 0.6) is 0 Å². The number of aryl methyl sites for hydroxylation is 1. The Morgan fingerprint density at radius 3 is 2.73 bits per heavy atom. The predicted molar refractivity (Wildman–Crippen MR) is 127 cm³/mol. The Balaban J connectivity index is 1.43. The van der Waals surface area contributed by atoms with Crippen LogP contribution in [0.4, 0.5) is 5.69 Å². The van der Waals surface area contributed by atoms with Crippen molar-refractivity contribution in [2.75, 3.05) is 31.1 Å². The van der Waals surface area contributed by atoms with Gasteiger partial charge < -0.3 is 4.90 Å². The summed E-state index contributed by atoms with van der Waals surface area (Å²) in [6.07, 6.45) is 3.06. The lowest BCUT2D eigenvalue weighted by Crippen LogP contribution is -2.43. The van der Waals surface area contributed by atoms with Crippen LogP contribution in [0.25, 0.3) is 16.2 Å². The summed E-state index contributed by atoms with van der Waals surface area (Å²) >= 11 is 9.82. The first-order valence-corrected chi connectivity index (χ1v) is 11.6. The first kappa shape index (κ1) is 21.2. The van der Waals surface area contributed by atoms with Gasteiger partial charge in [0.05, 0.1) is 4.21 Å². The fourth-order valence-electron chi connectivity index (χ4n) is 3.51. The molecule has 0 spiro atoms. The smallest absolute Gasteiger partial charge is 0.267 e. The van der Waals surface area contributed by atoms with Gasteiger partial charge in [0.1, 0.15) is 0 Å². The average Bonchev–Trinajstić information content (AvgIpc) is 3.07. The molecular formula is C22H22ClN3O2S2. The summed E-state index contributed by atoms with van der Waals surface area (Å²) in [6, 6.07) is 14.1. The number of hydrogen-bond donors (Lipinski definition) is 2. The molecule has 156 valence electrons. The number of thiophene rings is 1. The van der Waals surface area contributed by atoms with Crippen LogP contribution in [0.3, 0.4) is 0 Å². The number of anilines is 1. The molecule has 0 saturated carbocycles. The fraction of sp³-hybridized carbons (Fsp3) is 0.227. The van der Waals surface area contributed by atoms with Crippen molar-refractivity contribution in [3.8, 4) is 0 Å². The molecule has 1 amide bonds. The second-order valence-corrected chi connectivity index (χ2v) is 9.88. The Morgan fingerprint density at radius 1 is 1.20 bits per heavy atom. The number of hydroxylamine groups is 1. The molecule has 1 aromatic heterocycles. The van der Waals surface area contributed by atoms with E-state index in [4.69, 9.17) is 16.8 Å². The van der Waals surface area contributed by atoms with Gasteiger partial charge in [0.15, 0.2) is 0 Å². The minimum atomic E-state index is -0.536. The van der Waals surface area contributed by atoms with Crippen molar-refractivity contribution in [2.45, 2.75) is 11.1 Å². The largest absolute Gasteiger partial charge is 0.368 e. The third-order valence-electron chi connectivity index (χ3n) is 5.11. The summed E-state index contributed by atoms with van der Waals surface area (Å²) < 4.78 is 5.00. The van der Waals surface area contributed by atoms with Gasteiger partial charge in [-0.1, -0.05) is 29.8 Å². The van der Waals surface area contributed by atoms with E-state index in [2.05, 4.69) is 28.3 Å². The molecule has 2 aromatic carbocycles. The number of rotatable bonds is 5. The third kappa shape index (κ3) is 4.66. The van der Waals surface area contributed by atoms with Gasteiger partial charge in [-0.05, 0) is 65.7 Å². The van der Waals surface area contributed by atoms with Crippen molar-refractivity contribution >= 4 is 62.6 Å². The molecule has 30 heavy (non-hydrogen) atoms. The van der Waals surface area contributed by atoms with E-state index in [0.29, 0.717) is 0 Å². The quantitative estimate of drug-likeness (QED) is 0.237. The molecular weight excluding hydrogens is 438 g/mol. The van der Waals surface area contributed by atoms with Gasteiger partial charge >= 0.3 is 0 Å². The molecule has 4 rings (SSSR count). The minimum Gasteiger partial charge on any atom is -0.368 e. The molecule has 1 aliphatic rings. The lowest BCUT2D eigenvalue weighted by Gasteiger charge is -2.36. The summed E-state index contributed by atoms with van der Waals surface area (Å²) in [7, 11) is 0. The Labute approximate surface area is 189 Å². The van der Waals surface area contributed by atoms with Crippen molar-refractivity contribution in [1.82, 2.24) is 9.79 Å². The number of nitrogens with one attached hydrogen (secondary N) is 1. The summed E-state index contributed by atoms with van der Waals surface area (Å²) in [5.74, 6) is -0.536. The average molecular weight is 460 g/mol. The molecule has 0 radical (unpaired) electrons. The number of hydrogen-bond acceptors (Lipinski definition) is 6. The van der Waals surface area contributed by atoms with Gasteiger partial charge in [-0.3, -0.25) is 10.0 Å². The molecule has 0 aliphatic carbocycles. The van der Waals surface area contributed by atoms with E-state index in [1.807, 2.05) is 53.6 Å². The van der Waals surface area contributed by atoms with Crippen molar-refractivity contribution in [3.05, 3.63) is 64.7 Å². The summed E-state index contributed by atoms with van der Waals surface area (Å²) in [5, 5.41) is 10.7. The number of carbonyl (C=O) groups excluding carboxylic acids is 1. The first-order chi connectivity index (χ1) is 14.5. The molecule has 2 heterocycles. The summed E-state index contributed by atoms with van der Waals surface area (Å²) in [4.78, 5) is 13.7. The van der Waals surface area contributed by atoms with Crippen LogP contribution in [-0.2, 0) is 4.79 Å². The molecule has 1 aliphatic heterocycles. The molecule has 1 saturated heterocycles. The van der Waals surface area contributed by atoms with Crippen LogP contribution in [0.2, 0.25) is 5.02 Å². The van der Waals surface area contributed by atoms with Crippen molar-refractivity contribution in [2.24, 2.45) is 0 Å². The normalized spacial score (nSPS) is 15.2. The van der Waals surface area contributed by atoms with Crippen LogP contribution >= 0.6 is 34.9 Å². The second kappa shape index (κ2) is 9.41. The number of amides is 1. The van der Waals surface area contributed by atoms with E-state index in [-0.39, 0.29) is 0 Å². The van der Waals surface area contributed by atoms with Crippen LogP contribution in [0.15, 0.2) is 52.7 Å². The molecule has 0 atom stereocenters. The maximum Gasteiger partial charge on any atom is 0.267 e. The molecule has 2 N–H and O–H groups in total. The third-order valence-corrected chi connectivity index (χ3v) is 7.98. The zero-order valence-electron chi connectivity index (χ0n) is 16.5. The number of para-hydroxylation sites is 1. The molecule has 1 fully saturated rings. The zero-order chi connectivity index (χ0) is 21.1. The highest BCUT2D eigenvalue weighted by Crippen LogP contribution is 2.40. The van der Waals surface area contributed by atoms with E-state index >= 15 is 0 Å². The van der Waals surface area contributed by atoms with Crippen LogP contribution in [-0.4, -0.2) is 41.6 Å². The van der Waals surface area contributed by atoms with Crippen molar-refractivity contribution < 1.29 is 10.0 Å². The monoisotopic (exact) mass is 459 g/mol. The number of nitrogens with zero attached hydrogens (tertiary/aromatic N) is 2. The van der Waals surface area contributed by atoms with E-state index in [9.17, 15) is 4.79 Å². The molecule has 0 unspecified atom stereocenters. The minimum absolute atomic E-state index is 0.536. The van der Waals surface area contributed by atoms with Gasteiger partial charge in [-0.2, -0.15) is 0 Å². The standard InChI is InChI=1S/C22H22ClN3O2S2/c1-15-18-14-17(23)7-8-20(18)29-22(15)30-26-12-10-25(11-13-26)19-5-3-2-4-16(19)6-9-21(27)24-28/h2-9,14,28H,10-13H2,1H3,(H,24,27)/b9-6+. The first-order valence-electron chi connectivity index (χ1n) is 9.63. The number of halogens is 1. The topological polar surface area (TPSA) is 55.8 Å². The van der Waals surface area contributed by atoms with E-state index < -0.39 is 5.91 Å². The highest BCUT2D eigenvalue weighted by Gasteiger charge is 2.21. The van der Waals surface area contributed by atoms with E-state index in [1.54, 1.807) is 11.6 Å². The Bertz CT molecular complexity index is 1090. The Kier molecular flexibility index (Phi) is 6.65. The SMILES string of the molecule is Cc1c(SN2CCN(c3ccccc3/C=C/C(=O)NO)CC2)sc2ccc(Cl)cc12. The second-order valence-electron chi connectivity index (χ2n) is 7.03. The van der Waals surface area contributed by atoms with Crippen molar-refractivity contribution in [1.29, 1.82) is 0 Å². The van der Waals surface area contributed by atoms with Gasteiger partial charge in [0, 0.05) is 47.7 Å². The summed E-state index contributed by atoms with van der Waals surface area (Å²) in [5.41, 5.74) is 4.97. The van der Waals surface area contributed by atoms with Crippen LogP contribution in [0.1, 0.15) is 11.1 Å². The van der Waals surface area contributed by atoms with Gasteiger partial charge in [0.25, 0.3) is 5.91 Å². The van der Waals surface area contributed by atoms with E-state index in [0.717, 1.165) is 42.5 Å². The number of piperazine rings is 1. The molecule has 8 heteroatoms. The number of carbonyl (C=O) groups is 1. The summed E-state index contributed by atoms with van der Waals surface area (Å²) in [6.45, 7) is 5.85. The molecule has 5 nitrogen and oxygen atoms in total. The van der Waals surface area contributed by atoms with E-state index in [1.165, 1.54) is 25.9 Å². The van der Waals surface area contributed by atoms with Gasteiger partial charge in [-0.15, -0.1) is 11.3 Å². The Morgan fingerprint density at radius 2 is 1.97 bits per heavy atom. The number of benzene rings is 2. The Hall–Kier alpha value is -2.03. The van der Waals surface area contributed by atoms with Crippen molar-refractivity contribution in [3.63, 3.8) is 0 Å².